The number of nitrogens with one attached hydrogen (secondary N) is 1. The number of alkyl halides is 2. The lowest BCUT2D eigenvalue weighted by atomic mass is 10.0. The largest absolute Gasteiger partial charge is 0.433 e. The van der Waals surface area contributed by atoms with E-state index in [-0.39, 0.29) is 28.4 Å². The quantitative estimate of drug-likeness (QED) is 0.243. The summed E-state index contributed by atoms with van der Waals surface area (Å²) in [5.74, 6) is 0.295. The third-order valence-corrected chi connectivity index (χ3v) is 9.62. The first-order chi connectivity index (χ1) is 20.1. The molecule has 5 rings (SSSR count). The molecule has 10 heteroatoms. The van der Waals surface area contributed by atoms with Crippen molar-refractivity contribution in [3.8, 4) is 11.8 Å². The number of anilines is 2. The molecular formula is C32H33F2N3O4S. The fraction of sp³-hybridized carbons (Fsp3) is 0.375. The van der Waals surface area contributed by atoms with E-state index in [2.05, 4.69) is 23.5 Å². The van der Waals surface area contributed by atoms with Gasteiger partial charge in [-0.15, -0.1) is 0 Å². The molecule has 42 heavy (non-hydrogen) atoms. The van der Waals surface area contributed by atoms with Crippen molar-refractivity contribution in [1.82, 2.24) is 5.32 Å². The molecule has 0 aromatic heterocycles. The van der Waals surface area contributed by atoms with Crippen LogP contribution in [0.2, 0.25) is 0 Å². The standard InChI is InChI=1S/C32H33F2N3O4S/c1-3-42(39,40)27-11-8-22(9-12-27)28(14-15-35)36-31(38)23-10-13-29(30(19-23)41-32(33)34)37(2)26-17-24(20-4-5-20)16-25(18-26)21-6-7-21/h8-13,16-21,28,32H,3-7,14H2,1-2H3,(H,36,38)/t28-/m0/s1. The van der Waals surface area contributed by atoms with Gasteiger partial charge in [0.15, 0.2) is 15.6 Å². The molecule has 1 amide bonds. The average molecular weight is 594 g/mol. The summed E-state index contributed by atoms with van der Waals surface area (Å²) in [6.45, 7) is -1.55. The predicted molar refractivity (Wildman–Crippen MR) is 156 cm³/mol. The maximum Gasteiger partial charge on any atom is 0.387 e. The van der Waals surface area contributed by atoms with Gasteiger partial charge in [0, 0.05) is 18.3 Å². The number of nitrogens with zero attached hydrogens (tertiary/aromatic N) is 2. The van der Waals surface area contributed by atoms with Crippen LogP contribution in [-0.4, -0.2) is 33.7 Å². The van der Waals surface area contributed by atoms with Crippen molar-refractivity contribution in [3.63, 3.8) is 0 Å². The van der Waals surface area contributed by atoms with Crippen molar-refractivity contribution in [2.45, 2.75) is 68.4 Å². The van der Waals surface area contributed by atoms with Crippen LogP contribution in [0, 0.1) is 11.3 Å². The number of amides is 1. The highest BCUT2D eigenvalue weighted by atomic mass is 32.2. The Kier molecular flexibility index (Phi) is 8.50. The summed E-state index contributed by atoms with van der Waals surface area (Å²) in [6, 6.07) is 18.1. The molecule has 0 aliphatic heterocycles. The van der Waals surface area contributed by atoms with Crippen LogP contribution >= 0.6 is 0 Å². The maximum atomic E-state index is 13.5. The molecule has 2 aliphatic carbocycles. The van der Waals surface area contributed by atoms with Crippen LogP contribution in [0.5, 0.6) is 5.75 Å². The molecular weight excluding hydrogens is 560 g/mol. The van der Waals surface area contributed by atoms with Gasteiger partial charge in [-0.2, -0.15) is 14.0 Å². The summed E-state index contributed by atoms with van der Waals surface area (Å²) in [5, 5.41) is 12.1. The number of rotatable bonds is 12. The van der Waals surface area contributed by atoms with Crippen molar-refractivity contribution in [2.24, 2.45) is 0 Å². The van der Waals surface area contributed by atoms with E-state index in [1.165, 1.54) is 35.4 Å². The number of nitriles is 1. The highest BCUT2D eigenvalue weighted by Gasteiger charge is 2.29. The minimum Gasteiger partial charge on any atom is -0.433 e. The smallest absolute Gasteiger partial charge is 0.387 e. The second-order valence-corrected chi connectivity index (χ2v) is 13.2. The van der Waals surface area contributed by atoms with Gasteiger partial charge in [0.1, 0.15) is 0 Å². The van der Waals surface area contributed by atoms with Crippen molar-refractivity contribution < 1.29 is 26.7 Å². The lowest BCUT2D eigenvalue weighted by molar-refractivity contribution is -0.0495. The Bertz CT molecular complexity index is 1580. The Morgan fingerprint density at radius 2 is 1.64 bits per heavy atom. The molecule has 0 bridgehead atoms. The van der Waals surface area contributed by atoms with Crippen LogP contribution < -0.4 is 15.0 Å². The van der Waals surface area contributed by atoms with Crippen LogP contribution in [0.3, 0.4) is 0 Å². The van der Waals surface area contributed by atoms with Crippen LogP contribution in [-0.2, 0) is 9.84 Å². The molecule has 0 saturated heterocycles. The molecule has 0 radical (unpaired) electrons. The van der Waals surface area contributed by atoms with Gasteiger partial charge in [0.05, 0.1) is 34.9 Å². The molecule has 0 heterocycles. The summed E-state index contributed by atoms with van der Waals surface area (Å²) >= 11 is 0. The topological polar surface area (TPSA) is 99.5 Å². The first kappa shape index (κ1) is 29.5. The van der Waals surface area contributed by atoms with Crippen molar-refractivity contribution in [2.75, 3.05) is 17.7 Å². The SMILES string of the molecule is CCS(=O)(=O)c1ccc([C@H](CC#N)NC(=O)c2ccc(N(C)c3cc(C4CC4)cc(C4CC4)c3)c(OC(F)F)c2)cc1. The van der Waals surface area contributed by atoms with E-state index in [4.69, 9.17) is 4.74 Å². The number of hydrogen-bond donors (Lipinski definition) is 1. The first-order valence-corrected chi connectivity index (χ1v) is 15.7. The Morgan fingerprint density at radius 3 is 2.17 bits per heavy atom. The van der Waals surface area contributed by atoms with Gasteiger partial charge in [-0.3, -0.25) is 4.79 Å². The van der Waals surface area contributed by atoms with Crippen LogP contribution in [0.15, 0.2) is 65.6 Å². The highest BCUT2D eigenvalue weighted by Crippen LogP contribution is 2.47. The maximum absolute atomic E-state index is 13.5. The number of ether oxygens (including phenoxy) is 1. The number of halogens is 2. The molecule has 7 nitrogen and oxygen atoms in total. The molecule has 2 saturated carbocycles. The molecule has 1 atom stereocenters. The molecule has 0 unspecified atom stereocenters. The van der Waals surface area contributed by atoms with Gasteiger partial charge in [0.2, 0.25) is 0 Å². The van der Waals surface area contributed by atoms with Gasteiger partial charge in [-0.25, -0.2) is 8.42 Å². The minimum absolute atomic E-state index is 0.0491. The summed E-state index contributed by atoms with van der Waals surface area (Å²) in [6.07, 6.45) is 4.52. The van der Waals surface area contributed by atoms with E-state index in [9.17, 15) is 27.3 Å². The van der Waals surface area contributed by atoms with Gasteiger partial charge in [-0.1, -0.05) is 25.1 Å². The third-order valence-electron chi connectivity index (χ3n) is 7.87. The molecule has 3 aromatic rings. The fourth-order valence-corrected chi connectivity index (χ4v) is 5.96. The zero-order valence-electron chi connectivity index (χ0n) is 23.5. The van der Waals surface area contributed by atoms with Crippen molar-refractivity contribution in [3.05, 3.63) is 82.9 Å². The summed E-state index contributed by atoms with van der Waals surface area (Å²) in [7, 11) is -1.61. The summed E-state index contributed by atoms with van der Waals surface area (Å²) in [4.78, 5) is 15.2. The fourth-order valence-electron chi connectivity index (χ4n) is 5.08. The van der Waals surface area contributed by atoms with Crippen LogP contribution in [0.4, 0.5) is 20.2 Å². The van der Waals surface area contributed by atoms with Gasteiger partial charge in [0.25, 0.3) is 5.91 Å². The zero-order valence-corrected chi connectivity index (χ0v) is 24.3. The molecule has 2 aliphatic rings. The Morgan fingerprint density at radius 1 is 1.02 bits per heavy atom. The average Bonchev–Trinajstić information content (AvgIpc) is 3.89. The van der Waals surface area contributed by atoms with E-state index in [1.807, 2.05) is 11.0 Å². The number of carbonyl (C=O) groups is 1. The molecule has 220 valence electrons. The van der Waals surface area contributed by atoms with Gasteiger partial charge in [-0.05, 0) is 96.7 Å². The van der Waals surface area contributed by atoms with Crippen LogP contribution in [0.25, 0.3) is 0 Å². The van der Waals surface area contributed by atoms with Crippen molar-refractivity contribution in [1.29, 1.82) is 5.26 Å². The number of carbonyl (C=O) groups excluding carboxylic acids is 1. The van der Waals surface area contributed by atoms with Crippen LogP contribution in [0.1, 0.15) is 84.0 Å². The Hall–Kier alpha value is -3.97. The molecule has 1 N–H and O–H groups in total. The van der Waals surface area contributed by atoms with E-state index in [1.54, 1.807) is 32.2 Å². The van der Waals surface area contributed by atoms with E-state index in [0.717, 1.165) is 31.4 Å². The third kappa shape index (κ3) is 6.73. The van der Waals surface area contributed by atoms with Gasteiger partial charge < -0.3 is 15.0 Å². The first-order valence-electron chi connectivity index (χ1n) is 14.1. The van der Waals surface area contributed by atoms with Gasteiger partial charge >= 0.3 is 6.61 Å². The molecule has 3 aromatic carbocycles. The van der Waals surface area contributed by atoms with Crippen molar-refractivity contribution >= 4 is 27.1 Å². The van der Waals surface area contributed by atoms with E-state index >= 15 is 0 Å². The second-order valence-electron chi connectivity index (χ2n) is 10.9. The Labute approximate surface area is 245 Å². The lowest BCUT2D eigenvalue weighted by Crippen LogP contribution is -2.28. The highest BCUT2D eigenvalue weighted by molar-refractivity contribution is 7.91. The number of hydrogen-bond acceptors (Lipinski definition) is 6. The second kappa shape index (κ2) is 12.1. The Balaban J connectivity index is 1.41. The van der Waals surface area contributed by atoms with E-state index < -0.39 is 28.4 Å². The lowest BCUT2D eigenvalue weighted by Gasteiger charge is -2.25. The minimum atomic E-state index is -3.40. The zero-order chi connectivity index (χ0) is 30.0. The molecule has 2 fully saturated rings. The summed E-state index contributed by atoms with van der Waals surface area (Å²) < 4.78 is 56.2. The molecule has 0 spiro atoms. The predicted octanol–water partition coefficient (Wildman–Crippen LogP) is 6.99. The summed E-state index contributed by atoms with van der Waals surface area (Å²) in [5.41, 5.74) is 4.42. The van der Waals surface area contributed by atoms with E-state index in [0.29, 0.717) is 23.1 Å². The number of sulfone groups is 1. The number of benzene rings is 3. The normalized spacial score (nSPS) is 15.6. The monoisotopic (exact) mass is 593 g/mol.